The Morgan fingerprint density at radius 3 is 2.26 bits per heavy atom. The van der Waals surface area contributed by atoms with Crippen LogP contribution in [-0.4, -0.2) is 12.0 Å². The standard InChI is InChI=1S/C13H10F4N2/c1-19(7-8-2-4-9(14)5-3-8)13-11(16)6-10(15)12(17)18-13/h2-6H,7H2,1H3. The van der Waals surface area contributed by atoms with Gasteiger partial charge in [-0.3, -0.25) is 0 Å². The average Bonchev–Trinajstić information content (AvgIpc) is 2.36. The van der Waals surface area contributed by atoms with Crippen molar-refractivity contribution in [2.75, 3.05) is 11.9 Å². The van der Waals surface area contributed by atoms with E-state index in [-0.39, 0.29) is 18.2 Å². The van der Waals surface area contributed by atoms with Crippen LogP contribution in [0.4, 0.5) is 23.4 Å². The van der Waals surface area contributed by atoms with Crippen molar-refractivity contribution >= 4 is 5.82 Å². The SMILES string of the molecule is CN(Cc1ccc(F)cc1)c1nc(F)c(F)cc1F. The third-order valence-corrected chi connectivity index (χ3v) is 2.56. The number of anilines is 1. The first-order valence-corrected chi connectivity index (χ1v) is 5.44. The molecular formula is C13H10F4N2. The molecule has 0 radical (unpaired) electrons. The Bertz CT molecular complexity index is 584. The number of pyridine rings is 1. The highest BCUT2D eigenvalue weighted by atomic mass is 19.2. The lowest BCUT2D eigenvalue weighted by Gasteiger charge is -2.18. The van der Waals surface area contributed by atoms with Crippen molar-refractivity contribution in [1.29, 1.82) is 0 Å². The van der Waals surface area contributed by atoms with Gasteiger partial charge in [0.05, 0.1) is 0 Å². The summed E-state index contributed by atoms with van der Waals surface area (Å²) in [5.74, 6) is -4.34. The zero-order chi connectivity index (χ0) is 14.0. The fraction of sp³-hybridized carbons (Fsp3) is 0.154. The molecule has 100 valence electrons. The van der Waals surface area contributed by atoms with Crippen LogP contribution in [0.25, 0.3) is 0 Å². The van der Waals surface area contributed by atoms with E-state index in [0.29, 0.717) is 11.6 Å². The normalized spacial score (nSPS) is 10.6. The van der Waals surface area contributed by atoms with Crippen LogP contribution >= 0.6 is 0 Å². The van der Waals surface area contributed by atoms with Crippen molar-refractivity contribution < 1.29 is 17.6 Å². The first kappa shape index (κ1) is 13.3. The number of nitrogens with zero attached hydrogens (tertiary/aromatic N) is 2. The van der Waals surface area contributed by atoms with Crippen LogP contribution in [0.5, 0.6) is 0 Å². The highest BCUT2D eigenvalue weighted by Gasteiger charge is 2.15. The summed E-state index contributed by atoms with van der Waals surface area (Å²) >= 11 is 0. The molecular weight excluding hydrogens is 260 g/mol. The molecule has 2 aromatic rings. The van der Waals surface area contributed by atoms with Gasteiger partial charge in [-0.2, -0.15) is 9.37 Å². The Hall–Kier alpha value is -2.11. The first-order chi connectivity index (χ1) is 8.97. The van der Waals surface area contributed by atoms with Crippen LogP contribution in [0.1, 0.15) is 5.56 Å². The van der Waals surface area contributed by atoms with Gasteiger partial charge >= 0.3 is 0 Å². The lowest BCUT2D eigenvalue weighted by Crippen LogP contribution is -2.20. The van der Waals surface area contributed by atoms with E-state index in [0.717, 1.165) is 0 Å². The highest BCUT2D eigenvalue weighted by Crippen LogP contribution is 2.19. The number of halogens is 4. The van der Waals surface area contributed by atoms with Crippen LogP contribution in [0.15, 0.2) is 30.3 Å². The third-order valence-electron chi connectivity index (χ3n) is 2.56. The van der Waals surface area contributed by atoms with Crippen LogP contribution in [0.3, 0.4) is 0 Å². The second-order valence-corrected chi connectivity index (χ2v) is 4.05. The number of hydrogen-bond donors (Lipinski definition) is 0. The molecule has 0 saturated carbocycles. The number of rotatable bonds is 3. The molecule has 6 heteroatoms. The zero-order valence-electron chi connectivity index (χ0n) is 10.0. The molecule has 0 bridgehead atoms. The molecule has 19 heavy (non-hydrogen) atoms. The number of aromatic nitrogens is 1. The molecule has 0 spiro atoms. The molecule has 0 N–H and O–H groups in total. The molecule has 2 rings (SSSR count). The zero-order valence-corrected chi connectivity index (χ0v) is 10.0. The predicted octanol–water partition coefficient (Wildman–Crippen LogP) is 3.27. The smallest absolute Gasteiger partial charge is 0.251 e. The molecule has 1 aromatic carbocycles. The molecule has 0 aliphatic heterocycles. The Morgan fingerprint density at radius 2 is 1.63 bits per heavy atom. The lowest BCUT2D eigenvalue weighted by molar-refractivity contribution is 0.463. The number of hydrogen-bond acceptors (Lipinski definition) is 2. The largest absolute Gasteiger partial charge is 0.353 e. The minimum Gasteiger partial charge on any atom is -0.353 e. The molecule has 0 saturated heterocycles. The molecule has 0 amide bonds. The van der Waals surface area contributed by atoms with Crippen LogP contribution in [0, 0.1) is 23.4 Å². The summed E-state index contributed by atoms with van der Waals surface area (Å²) in [5.41, 5.74) is 0.690. The van der Waals surface area contributed by atoms with Gasteiger partial charge in [0.25, 0.3) is 5.95 Å². The third kappa shape index (κ3) is 3.01. The van der Waals surface area contributed by atoms with Crippen LogP contribution in [-0.2, 0) is 6.54 Å². The Kier molecular flexibility index (Phi) is 3.69. The van der Waals surface area contributed by atoms with Gasteiger partial charge in [-0.1, -0.05) is 12.1 Å². The van der Waals surface area contributed by atoms with E-state index < -0.39 is 17.6 Å². The van der Waals surface area contributed by atoms with Crippen molar-refractivity contribution in [3.05, 3.63) is 59.3 Å². The van der Waals surface area contributed by atoms with Crippen molar-refractivity contribution in [2.45, 2.75) is 6.54 Å². The summed E-state index contributed by atoms with van der Waals surface area (Å²) in [7, 11) is 1.48. The Balaban J connectivity index is 2.22. The maximum atomic E-state index is 13.5. The van der Waals surface area contributed by atoms with E-state index in [2.05, 4.69) is 4.98 Å². The maximum absolute atomic E-state index is 13.5. The minimum atomic E-state index is -1.36. The van der Waals surface area contributed by atoms with E-state index in [4.69, 9.17) is 0 Å². The second kappa shape index (κ2) is 5.26. The van der Waals surface area contributed by atoms with Gasteiger partial charge in [0.15, 0.2) is 17.5 Å². The topological polar surface area (TPSA) is 16.1 Å². The molecule has 0 atom stereocenters. The van der Waals surface area contributed by atoms with Gasteiger partial charge in [-0.15, -0.1) is 0 Å². The van der Waals surface area contributed by atoms with Gasteiger partial charge in [-0.25, -0.2) is 13.2 Å². The van der Waals surface area contributed by atoms with E-state index in [9.17, 15) is 17.6 Å². The second-order valence-electron chi connectivity index (χ2n) is 4.05. The monoisotopic (exact) mass is 270 g/mol. The Morgan fingerprint density at radius 1 is 1.00 bits per heavy atom. The molecule has 0 aliphatic rings. The summed E-state index contributed by atoms with van der Waals surface area (Å²) in [4.78, 5) is 4.53. The van der Waals surface area contributed by atoms with Gasteiger partial charge in [0.1, 0.15) is 5.82 Å². The van der Waals surface area contributed by atoms with Crippen molar-refractivity contribution in [2.24, 2.45) is 0 Å². The minimum absolute atomic E-state index is 0.190. The van der Waals surface area contributed by atoms with Crippen molar-refractivity contribution in [3.63, 3.8) is 0 Å². The molecule has 0 aliphatic carbocycles. The Labute approximate surface area is 107 Å². The summed E-state index contributed by atoms with van der Waals surface area (Å²) < 4.78 is 51.9. The molecule has 0 unspecified atom stereocenters. The highest BCUT2D eigenvalue weighted by molar-refractivity contribution is 5.40. The lowest BCUT2D eigenvalue weighted by atomic mass is 10.2. The summed E-state index contributed by atoms with van der Waals surface area (Å²) in [5, 5.41) is 0. The molecule has 1 aromatic heterocycles. The van der Waals surface area contributed by atoms with Gasteiger partial charge < -0.3 is 4.90 Å². The van der Waals surface area contributed by atoms with Crippen molar-refractivity contribution in [1.82, 2.24) is 4.98 Å². The first-order valence-electron chi connectivity index (χ1n) is 5.44. The van der Waals surface area contributed by atoms with Gasteiger partial charge in [-0.05, 0) is 17.7 Å². The van der Waals surface area contributed by atoms with E-state index >= 15 is 0 Å². The summed E-state index contributed by atoms with van der Waals surface area (Å²) in [6.45, 7) is 0.190. The fourth-order valence-corrected chi connectivity index (χ4v) is 1.64. The van der Waals surface area contributed by atoms with Crippen molar-refractivity contribution in [3.8, 4) is 0 Å². The van der Waals surface area contributed by atoms with Crippen LogP contribution in [0.2, 0.25) is 0 Å². The van der Waals surface area contributed by atoms with Gasteiger partial charge in [0, 0.05) is 19.7 Å². The van der Waals surface area contributed by atoms with Gasteiger partial charge in [0.2, 0.25) is 0 Å². The fourth-order valence-electron chi connectivity index (χ4n) is 1.64. The van der Waals surface area contributed by atoms with E-state index in [1.807, 2.05) is 0 Å². The average molecular weight is 270 g/mol. The quantitative estimate of drug-likeness (QED) is 0.628. The summed E-state index contributed by atoms with van der Waals surface area (Å²) in [6, 6.07) is 6.00. The predicted molar refractivity (Wildman–Crippen MR) is 62.6 cm³/mol. The summed E-state index contributed by atoms with van der Waals surface area (Å²) in [6.07, 6.45) is 0. The van der Waals surface area contributed by atoms with E-state index in [1.165, 1.54) is 36.2 Å². The number of benzene rings is 1. The molecule has 0 fully saturated rings. The van der Waals surface area contributed by atoms with E-state index in [1.54, 1.807) is 0 Å². The molecule has 1 heterocycles. The van der Waals surface area contributed by atoms with Crippen LogP contribution < -0.4 is 4.90 Å². The maximum Gasteiger partial charge on any atom is 0.251 e. The molecule has 2 nitrogen and oxygen atoms in total.